The van der Waals surface area contributed by atoms with Gasteiger partial charge in [-0.3, -0.25) is 0 Å². The summed E-state index contributed by atoms with van der Waals surface area (Å²) in [7, 11) is 0. The predicted molar refractivity (Wildman–Crippen MR) is 74.0 cm³/mol. The Morgan fingerprint density at radius 1 is 0.944 bits per heavy atom. The smallest absolute Gasteiger partial charge is 0.171 e. The zero-order chi connectivity index (χ0) is 12.3. The lowest BCUT2D eigenvalue weighted by atomic mass is 10.1. The fraction of sp³-hybridized carbons (Fsp3) is 0.688. The maximum atomic E-state index is 2.35. The number of pyridine rings is 1. The van der Waals surface area contributed by atoms with Gasteiger partial charge in [0.25, 0.3) is 0 Å². The van der Waals surface area contributed by atoms with Gasteiger partial charge in [0.1, 0.15) is 6.54 Å². The van der Waals surface area contributed by atoms with Crippen LogP contribution >= 0.6 is 0 Å². The van der Waals surface area contributed by atoms with Crippen LogP contribution in [0.3, 0.4) is 0 Å². The van der Waals surface area contributed by atoms with Crippen LogP contribution < -0.4 is 9.27 Å². The SMILES string of the molecule is CCCCCCCC[n+]1cccc(CCC)c1.[F-]. The van der Waals surface area contributed by atoms with Crippen molar-refractivity contribution in [2.75, 3.05) is 0 Å². The Hall–Kier alpha value is -0.920. The molecule has 0 saturated heterocycles. The average molecular weight is 253 g/mol. The summed E-state index contributed by atoms with van der Waals surface area (Å²) < 4.78 is 2.35. The molecule has 0 atom stereocenters. The van der Waals surface area contributed by atoms with Gasteiger partial charge in [-0.15, -0.1) is 0 Å². The van der Waals surface area contributed by atoms with Crippen molar-refractivity contribution >= 4 is 0 Å². The van der Waals surface area contributed by atoms with Crippen LogP contribution in [0.4, 0.5) is 0 Å². The third kappa shape index (κ3) is 7.41. The first-order valence-electron chi connectivity index (χ1n) is 7.34. The Bertz CT molecular complexity index is 299. The maximum absolute atomic E-state index is 2.35. The van der Waals surface area contributed by atoms with Gasteiger partial charge < -0.3 is 4.70 Å². The second-order valence-electron chi connectivity index (χ2n) is 4.97. The molecule has 0 aliphatic heterocycles. The number of hydrogen-bond donors (Lipinski definition) is 0. The van der Waals surface area contributed by atoms with E-state index in [1.807, 2.05) is 0 Å². The van der Waals surface area contributed by atoms with E-state index in [1.165, 1.54) is 63.5 Å². The highest BCUT2D eigenvalue weighted by atomic mass is 19.0. The largest absolute Gasteiger partial charge is 1.00 e. The molecule has 0 amide bonds. The monoisotopic (exact) mass is 253 g/mol. The highest BCUT2D eigenvalue weighted by Gasteiger charge is 2.01. The first-order valence-corrected chi connectivity index (χ1v) is 7.34. The van der Waals surface area contributed by atoms with Gasteiger partial charge in [0.2, 0.25) is 0 Å². The average Bonchev–Trinajstić information content (AvgIpc) is 2.35. The van der Waals surface area contributed by atoms with E-state index >= 15 is 0 Å². The molecule has 0 aliphatic rings. The van der Waals surface area contributed by atoms with Crippen LogP contribution in [0.15, 0.2) is 24.5 Å². The number of nitrogens with zero attached hydrogens (tertiary/aromatic N) is 1. The molecule has 0 unspecified atom stereocenters. The van der Waals surface area contributed by atoms with Gasteiger partial charge in [-0.25, -0.2) is 4.57 Å². The number of hydrogen-bond acceptors (Lipinski definition) is 0. The summed E-state index contributed by atoms with van der Waals surface area (Å²) in [5.74, 6) is 0. The van der Waals surface area contributed by atoms with Gasteiger partial charge in [0.15, 0.2) is 12.4 Å². The Morgan fingerprint density at radius 2 is 1.67 bits per heavy atom. The van der Waals surface area contributed by atoms with E-state index in [9.17, 15) is 0 Å². The maximum Gasteiger partial charge on any atom is 0.171 e. The van der Waals surface area contributed by atoms with Crippen LogP contribution in [0, 0.1) is 0 Å². The Kier molecular flexibility index (Phi) is 10.6. The van der Waals surface area contributed by atoms with Crippen molar-refractivity contribution in [3.8, 4) is 0 Å². The molecule has 1 heterocycles. The summed E-state index contributed by atoms with van der Waals surface area (Å²) in [5.41, 5.74) is 1.47. The number of aromatic nitrogens is 1. The molecular weight excluding hydrogens is 225 g/mol. The van der Waals surface area contributed by atoms with E-state index in [0.29, 0.717) is 0 Å². The minimum Gasteiger partial charge on any atom is -1.00 e. The molecule has 1 aromatic rings. The van der Waals surface area contributed by atoms with E-state index in [4.69, 9.17) is 0 Å². The van der Waals surface area contributed by atoms with E-state index in [2.05, 4.69) is 42.9 Å². The van der Waals surface area contributed by atoms with E-state index in [1.54, 1.807) is 0 Å². The summed E-state index contributed by atoms with van der Waals surface area (Å²) in [6, 6.07) is 4.42. The summed E-state index contributed by atoms with van der Waals surface area (Å²) in [6.07, 6.45) is 15.2. The fourth-order valence-electron chi connectivity index (χ4n) is 2.23. The molecule has 0 fully saturated rings. The molecule has 104 valence electrons. The van der Waals surface area contributed by atoms with Crippen molar-refractivity contribution in [1.82, 2.24) is 0 Å². The van der Waals surface area contributed by atoms with E-state index in [-0.39, 0.29) is 4.70 Å². The minimum absolute atomic E-state index is 0. The van der Waals surface area contributed by atoms with E-state index in [0.717, 1.165) is 0 Å². The molecule has 0 bridgehead atoms. The third-order valence-electron chi connectivity index (χ3n) is 3.23. The van der Waals surface area contributed by atoms with Crippen molar-refractivity contribution in [2.45, 2.75) is 71.8 Å². The van der Waals surface area contributed by atoms with Gasteiger partial charge in [-0.1, -0.05) is 46.0 Å². The number of aryl methyl sites for hydroxylation is 2. The Morgan fingerprint density at radius 3 is 2.39 bits per heavy atom. The lowest BCUT2D eigenvalue weighted by Gasteiger charge is -2.00. The molecule has 0 spiro atoms. The molecule has 0 aromatic carbocycles. The van der Waals surface area contributed by atoms with Crippen molar-refractivity contribution in [1.29, 1.82) is 0 Å². The summed E-state index contributed by atoms with van der Waals surface area (Å²) in [6.45, 7) is 5.70. The lowest BCUT2D eigenvalue weighted by Crippen LogP contribution is -3.00. The van der Waals surface area contributed by atoms with Gasteiger partial charge >= 0.3 is 0 Å². The van der Waals surface area contributed by atoms with Crippen LogP contribution in [0.1, 0.15) is 64.4 Å². The van der Waals surface area contributed by atoms with Gasteiger partial charge in [-0.05, 0) is 18.9 Å². The van der Waals surface area contributed by atoms with Gasteiger partial charge in [0, 0.05) is 18.1 Å². The van der Waals surface area contributed by atoms with Crippen molar-refractivity contribution in [3.05, 3.63) is 30.1 Å². The first-order chi connectivity index (χ1) is 8.36. The van der Waals surface area contributed by atoms with Crippen molar-refractivity contribution < 1.29 is 9.27 Å². The highest BCUT2D eigenvalue weighted by Crippen LogP contribution is 2.05. The molecule has 0 N–H and O–H groups in total. The van der Waals surface area contributed by atoms with Crippen LogP contribution in [-0.2, 0) is 13.0 Å². The number of rotatable bonds is 9. The molecule has 0 aliphatic carbocycles. The van der Waals surface area contributed by atoms with Gasteiger partial charge in [-0.2, -0.15) is 0 Å². The molecular formula is C16H28FN. The first kappa shape index (κ1) is 17.1. The molecule has 2 heteroatoms. The fourth-order valence-corrected chi connectivity index (χ4v) is 2.23. The topological polar surface area (TPSA) is 3.88 Å². The lowest BCUT2D eigenvalue weighted by molar-refractivity contribution is -0.697. The van der Waals surface area contributed by atoms with Crippen LogP contribution in [-0.4, -0.2) is 0 Å². The van der Waals surface area contributed by atoms with Crippen LogP contribution in [0.5, 0.6) is 0 Å². The molecule has 0 saturated carbocycles. The third-order valence-corrected chi connectivity index (χ3v) is 3.23. The zero-order valence-corrected chi connectivity index (χ0v) is 12.0. The molecule has 0 radical (unpaired) electrons. The molecule has 1 nitrogen and oxygen atoms in total. The quantitative estimate of drug-likeness (QED) is 0.461. The minimum atomic E-state index is 0. The molecule has 1 aromatic heterocycles. The Labute approximate surface area is 112 Å². The van der Waals surface area contributed by atoms with Gasteiger partial charge in [0.05, 0.1) is 0 Å². The van der Waals surface area contributed by atoms with E-state index < -0.39 is 0 Å². The standard InChI is InChI=1S/C16H28N.FH/c1-3-5-6-7-8-9-13-17-14-10-12-16(15-17)11-4-2;/h10,12,14-15H,3-9,11,13H2,1-2H3;1H/q+1;/p-1. The van der Waals surface area contributed by atoms with Crippen molar-refractivity contribution in [2.24, 2.45) is 0 Å². The summed E-state index contributed by atoms with van der Waals surface area (Å²) >= 11 is 0. The second kappa shape index (κ2) is 11.2. The highest BCUT2D eigenvalue weighted by molar-refractivity contribution is 5.04. The van der Waals surface area contributed by atoms with Crippen LogP contribution in [0.2, 0.25) is 0 Å². The Balaban J connectivity index is 0.00000289. The number of halogens is 1. The predicted octanol–water partition coefficient (Wildman–Crippen LogP) is 1.29. The second-order valence-corrected chi connectivity index (χ2v) is 4.97. The zero-order valence-electron chi connectivity index (χ0n) is 12.0. The van der Waals surface area contributed by atoms with Crippen molar-refractivity contribution in [3.63, 3.8) is 0 Å². The normalized spacial score (nSPS) is 10.1. The molecule has 18 heavy (non-hydrogen) atoms. The number of unbranched alkanes of at least 4 members (excludes halogenated alkanes) is 5. The summed E-state index contributed by atoms with van der Waals surface area (Å²) in [4.78, 5) is 0. The van der Waals surface area contributed by atoms with Crippen LogP contribution in [0.25, 0.3) is 0 Å². The molecule has 1 rings (SSSR count). The summed E-state index contributed by atoms with van der Waals surface area (Å²) in [5, 5.41) is 0.